The number of rotatable bonds is 34. The summed E-state index contributed by atoms with van der Waals surface area (Å²) in [7, 11) is 0. The van der Waals surface area contributed by atoms with Gasteiger partial charge in [0.15, 0.2) is 0 Å². The van der Waals surface area contributed by atoms with Gasteiger partial charge in [-0.25, -0.2) is 0 Å². The van der Waals surface area contributed by atoms with Crippen LogP contribution < -0.4 is 0 Å². The van der Waals surface area contributed by atoms with Gasteiger partial charge in [0, 0.05) is 13.2 Å². The Kier molecular flexibility index (Phi) is 70.7. The van der Waals surface area contributed by atoms with Crippen LogP contribution in [0.5, 0.6) is 0 Å². The van der Waals surface area contributed by atoms with Crippen molar-refractivity contribution in [2.75, 3.05) is 66.1 Å². The number of ether oxygens (including phenoxy) is 1. The molecule has 12 N–H and O–H groups in total. The Hall–Kier alpha value is -0.520. The lowest BCUT2D eigenvalue weighted by Crippen LogP contribution is -2.15. The lowest BCUT2D eigenvalue weighted by Gasteiger charge is -2.05. The molecule has 0 rings (SSSR count). The van der Waals surface area contributed by atoms with Crippen molar-refractivity contribution in [1.82, 2.24) is 0 Å². The first kappa shape index (κ1) is 61.7. The number of hydrogen-bond donors (Lipinski definition) is 12. The third-order valence-electron chi connectivity index (χ3n) is 7.97. The molecule has 0 aliphatic rings. The van der Waals surface area contributed by atoms with Crippen molar-refractivity contribution in [3.05, 3.63) is 0 Å². The first-order valence-electron chi connectivity index (χ1n) is 20.8. The Morgan fingerprint density at radius 1 is 0.264 bits per heavy atom. The predicted octanol–water partition coefficient (Wildman–Crippen LogP) is 3.73. The topological polar surface area (TPSA) is 252 Å². The van der Waals surface area contributed by atoms with Crippen molar-refractivity contribution >= 4 is 0 Å². The molecule has 0 saturated heterocycles. The van der Waals surface area contributed by atoms with Crippen LogP contribution in [0.15, 0.2) is 0 Å². The first-order chi connectivity index (χ1) is 25.6. The average molecular weight is 779 g/mol. The standard InChI is InChI=1S/C28H58O.4C3H8O3/c1-3-5-7-9-11-13-15-17-19-21-23-25-27-29-28-26-24-22-20-18-16-14-12-10-8-6-4-2;4*4-1-3(6)2-5/h3-28H2,1-2H3;4*3-6H,1-2H2. The molecule has 53 heavy (non-hydrogen) atoms. The van der Waals surface area contributed by atoms with Gasteiger partial charge in [-0.05, 0) is 12.8 Å². The van der Waals surface area contributed by atoms with Crippen molar-refractivity contribution in [2.24, 2.45) is 0 Å². The van der Waals surface area contributed by atoms with E-state index in [1.807, 2.05) is 0 Å². The highest BCUT2D eigenvalue weighted by Gasteiger charge is 1.98. The molecule has 0 radical (unpaired) electrons. The Morgan fingerprint density at radius 3 is 0.547 bits per heavy atom. The van der Waals surface area contributed by atoms with Crippen molar-refractivity contribution in [3.63, 3.8) is 0 Å². The van der Waals surface area contributed by atoms with Gasteiger partial charge in [-0.1, -0.05) is 155 Å². The van der Waals surface area contributed by atoms with Gasteiger partial charge in [0.05, 0.1) is 52.9 Å². The van der Waals surface area contributed by atoms with E-state index in [1.165, 1.54) is 154 Å². The van der Waals surface area contributed by atoms with Crippen LogP contribution in [0.1, 0.15) is 168 Å². The highest BCUT2D eigenvalue weighted by molar-refractivity contribution is 4.51. The minimum absolute atomic E-state index is 0.365. The maximum absolute atomic E-state index is 8.17. The second-order valence-electron chi connectivity index (χ2n) is 13.5. The van der Waals surface area contributed by atoms with Crippen LogP contribution in [0.25, 0.3) is 0 Å². The van der Waals surface area contributed by atoms with Crippen LogP contribution >= 0.6 is 0 Å². The van der Waals surface area contributed by atoms with Gasteiger partial charge < -0.3 is 66.0 Å². The fourth-order valence-corrected chi connectivity index (χ4v) is 4.42. The molecule has 13 nitrogen and oxygen atoms in total. The first-order valence-corrected chi connectivity index (χ1v) is 20.8. The van der Waals surface area contributed by atoms with E-state index in [-0.39, 0.29) is 52.9 Å². The van der Waals surface area contributed by atoms with Gasteiger partial charge in [-0.3, -0.25) is 0 Å². The highest BCUT2D eigenvalue weighted by atomic mass is 16.5. The quantitative estimate of drug-likeness (QED) is 0.0417. The minimum Gasteiger partial charge on any atom is -0.394 e. The molecule has 0 aliphatic heterocycles. The molecule has 0 spiro atoms. The Morgan fingerprint density at radius 2 is 0.415 bits per heavy atom. The largest absolute Gasteiger partial charge is 0.394 e. The van der Waals surface area contributed by atoms with E-state index in [4.69, 9.17) is 66.0 Å². The number of aliphatic hydroxyl groups is 12. The van der Waals surface area contributed by atoms with Gasteiger partial charge >= 0.3 is 0 Å². The molecule has 0 aromatic carbocycles. The fraction of sp³-hybridized carbons (Fsp3) is 1.00. The van der Waals surface area contributed by atoms with Crippen molar-refractivity contribution < 1.29 is 66.0 Å². The molecule has 0 fully saturated rings. The molecule has 0 bridgehead atoms. The van der Waals surface area contributed by atoms with E-state index < -0.39 is 24.4 Å². The van der Waals surface area contributed by atoms with Crippen LogP contribution in [-0.4, -0.2) is 152 Å². The summed E-state index contributed by atoms with van der Waals surface area (Å²) < 4.78 is 5.82. The van der Waals surface area contributed by atoms with Gasteiger partial charge in [0.1, 0.15) is 24.4 Å². The third-order valence-corrected chi connectivity index (χ3v) is 7.97. The maximum Gasteiger partial charge on any atom is 0.100 e. The zero-order valence-corrected chi connectivity index (χ0v) is 34.1. The van der Waals surface area contributed by atoms with E-state index in [2.05, 4.69) is 13.8 Å². The molecule has 0 amide bonds. The zero-order valence-electron chi connectivity index (χ0n) is 34.1. The van der Waals surface area contributed by atoms with Gasteiger partial charge in [0.25, 0.3) is 0 Å². The van der Waals surface area contributed by atoms with Crippen molar-refractivity contribution in [1.29, 1.82) is 0 Å². The molecule has 0 heterocycles. The van der Waals surface area contributed by atoms with Crippen molar-refractivity contribution in [3.8, 4) is 0 Å². The normalized spacial score (nSPS) is 10.8. The van der Waals surface area contributed by atoms with Gasteiger partial charge in [-0.15, -0.1) is 0 Å². The van der Waals surface area contributed by atoms with Crippen LogP contribution in [-0.2, 0) is 4.74 Å². The fourth-order valence-electron chi connectivity index (χ4n) is 4.42. The number of aliphatic hydroxyl groups excluding tert-OH is 12. The molecule has 0 unspecified atom stereocenters. The second kappa shape index (κ2) is 60.7. The molecule has 0 aromatic rings. The average Bonchev–Trinajstić information content (AvgIpc) is 3.20. The molecule has 13 heteroatoms. The van der Waals surface area contributed by atoms with E-state index in [1.54, 1.807) is 0 Å². The van der Waals surface area contributed by atoms with E-state index >= 15 is 0 Å². The minimum atomic E-state index is -0.954. The summed E-state index contributed by atoms with van der Waals surface area (Å²) in [5.74, 6) is 0. The van der Waals surface area contributed by atoms with E-state index in [0.29, 0.717) is 0 Å². The summed E-state index contributed by atoms with van der Waals surface area (Å²) in [6.07, 6.45) is 30.3. The molecule has 0 atom stereocenters. The van der Waals surface area contributed by atoms with Crippen LogP contribution in [0.3, 0.4) is 0 Å². The number of hydrogen-bond acceptors (Lipinski definition) is 13. The smallest absolute Gasteiger partial charge is 0.100 e. The molecule has 0 saturated carbocycles. The summed E-state index contributed by atoms with van der Waals surface area (Å²) in [6, 6.07) is 0. The second-order valence-corrected chi connectivity index (χ2v) is 13.5. The van der Waals surface area contributed by atoms with E-state index in [0.717, 1.165) is 13.2 Å². The Labute approximate surface area is 324 Å². The Balaban J connectivity index is -0.000000255. The predicted molar refractivity (Wildman–Crippen MR) is 214 cm³/mol. The summed E-state index contributed by atoms with van der Waals surface area (Å²) in [5, 5.41) is 96.1. The molecule has 0 aliphatic carbocycles. The summed E-state index contributed by atoms with van der Waals surface area (Å²) in [6.45, 7) is 3.67. The molecule has 0 aromatic heterocycles. The summed E-state index contributed by atoms with van der Waals surface area (Å²) in [5.41, 5.74) is 0. The lowest BCUT2D eigenvalue weighted by molar-refractivity contribution is 0.0450. The van der Waals surface area contributed by atoms with Gasteiger partial charge in [0.2, 0.25) is 0 Å². The molecule has 328 valence electrons. The number of unbranched alkanes of at least 4 members (excludes halogenated alkanes) is 22. The van der Waals surface area contributed by atoms with E-state index in [9.17, 15) is 0 Å². The van der Waals surface area contributed by atoms with Crippen LogP contribution in [0.4, 0.5) is 0 Å². The SMILES string of the molecule is CCCCCCCCCCCCCCOCCCCCCCCCCCCCC.OCC(O)CO.OCC(O)CO.OCC(O)CO.OCC(O)CO. The summed E-state index contributed by atoms with van der Waals surface area (Å²) in [4.78, 5) is 0. The van der Waals surface area contributed by atoms with Crippen molar-refractivity contribution in [2.45, 2.75) is 192 Å². The third kappa shape index (κ3) is 73.3. The molecular weight excluding hydrogens is 688 g/mol. The van der Waals surface area contributed by atoms with Gasteiger partial charge in [-0.2, -0.15) is 0 Å². The highest BCUT2D eigenvalue weighted by Crippen LogP contribution is 2.13. The lowest BCUT2D eigenvalue weighted by atomic mass is 10.1. The van der Waals surface area contributed by atoms with Crippen LogP contribution in [0, 0.1) is 0 Å². The zero-order chi connectivity index (χ0) is 41.1. The monoisotopic (exact) mass is 779 g/mol. The molecular formula is C40H90O13. The summed E-state index contributed by atoms with van der Waals surface area (Å²) >= 11 is 0. The maximum atomic E-state index is 8.17. The van der Waals surface area contributed by atoms with Crippen LogP contribution in [0.2, 0.25) is 0 Å². The Bertz CT molecular complexity index is 483.